The minimum atomic E-state index is -1.06. The van der Waals surface area contributed by atoms with Crippen molar-refractivity contribution < 1.29 is 23.9 Å². The van der Waals surface area contributed by atoms with Crippen molar-refractivity contribution in [1.29, 1.82) is 0 Å². The highest BCUT2D eigenvalue weighted by Crippen LogP contribution is 2.35. The molecule has 1 spiro atoms. The van der Waals surface area contributed by atoms with Gasteiger partial charge < -0.3 is 15.4 Å². The summed E-state index contributed by atoms with van der Waals surface area (Å²) in [6.07, 6.45) is 2.98. The van der Waals surface area contributed by atoms with E-state index in [1.165, 1.54) is 14.0 Å². The molecule has 1 atom stereocenters. The molecule has 4 amide bonds. The maximum atomic E-state index is 12.4. The third kappa shape index (κ3) is 2.84. The molecular formula is C13H19N3O5. The monoisotopic (exact) mass is 297 g/mol. The topological polar surface area (TPSA) is 105 Å². The first kappa shape index (κ1) is 15.3. The van der Waals surface area contributed by atoms with Gasteiger partial charge in [0.15, 0.2) is 0 Å². The summed E-state index contributed by atoms with van der Waals surface area (Å²) >= 11 is 0. The lowest BCUT2D eigenvalue weighted by atomic mass is 9.98. The van der Waals surface area contributed by atoms with E-state index in [9.17, 15) is 19.2 Å². The Bertz CT molecular complexity index is 484. The van der Waals surface area contributed by atoms with Crippen LogP contribution in [-0.2, 0) is 19.1 Å². The first-order valence-corrected chi connectivity index (χ1v) is 6.89. The molecule has 2 aliphatic rings. The lowest BCUT2D eigenvalue weighted by molar-refractivity contribution is -0.145. The van der Waals surface area contributed by atoms with Crippen molar-refractivity contribution in [3.05, 3.63) is 0 Å². The van der Waals surface area contributed by atoms with E-state index >= 15 is 0 Å². The van der Waals surface area contributed by atoms with E-state index < -0.39 is 29.5 Å². The zero-order valence-corrected chi connectivity index (χ0v) is 12.1. The van der Waals surface area contributed by atoms with Crippen LogP contribution in [0.4, 0.5) is 4.79 Å². The number of nitrogens with zero attached hydrogens (tertiary/aromatic N) is 1. The Morgan fingerprint density at radius 1 is 1.38 bits per heavy atom. The fourth-order valence-corrected chi connectivity index (χ4v) is 2.91. The molecule has 1 heterocycles. The summed E-state index contributed by atoms with van der Waals surface area (Å²) in [5.41, 5.74) is -0.825. The Hall–Kier alpha value is -2.12. The van der Waals surface area contributed by atoms with Gasteiger partial charge >= 0.3 is 12.0 Å². The van der Waals surface area contributed by atoms with Crippen LogP contribution in [0.1, 0.15) is 32.6 Å². The maximum absolute atomic E-state index is 12.4. The van der Waals surface area contributed by atoms with Crippen LogP contribution < -0.4 is 10.6 Å². The number of hydrogen-bond donors (Lipinski definition) is 2. The molecular weight excluding hydrogens is 278 g/mol. The Morgan fingerprint density at radius 3 is 2.52 bits per heavy atom. The predicted octanol–water partition coefficient (Wildman–Crippen LogP) is -0.471. The third-order valence-electron chi connectivity index (χ3n) is 3.93. The van der Waals surface area contributed by atoms with Crippen molar-refractivity contribution >= 4 is 23.8 Å². The summed E-state index contributed by atoms with van der Waals surface area (Å²) in [6, 6.07) is -1.58. The van der Waals surface area contributed by atoms with Crippen LogP contribution in [0, 0.1) is 0 Å². The molecule has 0 bridgehead atoms. The summed E-state index contributed by atoms with van der Waals surface area (Å²) in [5, 5.41) is 5.11. The van der Waals surface area contributed by atoms with Crippen LogP contribution >= 0.6 is 0 Å². The second-order valence-electron chi connectivity index (χ2n) is 5.41. The molecule has 1 aliphatic carbocycles. The number of rotatable bonds is 4. The molecule has 116 valence electrons. The Balaban J connectivity index is 2.13. The minimum absolute atomic E-state index is 0.224. The number of urea groups is 1. The highest BCUT2D eigenvalue weighted by atomic mass is 16.5. The number of carbonyl (C=O) groups excluding carboxylic acids is 4. The number of imide groups is 1. The highest BCUT2D eigenvalue weighted by molar-refractivity contribution is 6.07. The SMILES string of the molecule is COC(=O)C(CN1C(=O)NC2(CCCC2)C1=O)NC(C)=O. The van der Waals surface area contributed by atoms with E-state index in [1.807, 2.05) is 0 Å². The van der Waals surface area contributed by atoms with Crippen LogP contribution in [0.5, 0.6) is 0 Å². The zero-order valence-electron chi connectivity index (χ0n) is 12.1. The van der Waals surface area contributed by atoms with Gasteiger partial charge in [0.05, 0.1) is 13.7 Å². The molecule has 8 heteroatoms. The van der Waals surface area contributed by atoms with E-state index in [0.717, 1.165) is 17.7 Å². The van der Waals surface area contributed by atoms with Crippen LogP contribution in [0.2, 0.25) is 0 Å². The van der Waals surface area contributed by atoms with Crippen LogP contribution in [0.25, 0.3) is 0 Å². The van der Waals surface area contributed by atoms with E-state index in [4.69, 9.17) is 0 Å². The molecule has 0 aromatic heterocycles. The normalized spacial score (nSPS) is 21.3. The van der Waals surface area contributed by atoms with Gasteiger partial charge in [-0.05, 0) is 12.8 Å². The van der Waals surface area contributed by atoms with E-state index in [1.54, 1.807) is 0 Å². The van der Waals surface area contributed by atoms with Crippen LogP contribution in [-0.4, -0.2) is 54.0 Å². The van der Waals surface area contributed by atoms with Crippen molar-refractivity contribution in [2.45, 2.75) is 44.2 Å². The van der Waals surface area contributed by atoms with Gasteiger partial charge in [0.2, 0.25) is 5.91 Å². The lowest BCUT2D eigenvalue weighted by Crippen LogP contribution is -2.51. The summed E-state index contributed by atoms with van der Waals surface area (Å²) in [5.74, 6) is -1.46. The second kappa shape index (κ2) is 5.71. The number of nitrogens with one attached hydrogen (secondary N) is 2. The average molecular weight is 297 g/mol. The van der Waals surface area contributed by atoms with Crippen molar-refractivity contribution in [2.75, 3.05) is 13.7 Å². The van der Waals surface area contributed by atoms with Crippen molar-refractivity contribution in [1.82, 2.24) is 15.5 Å². The molecule has 0 aromatic carbocycles. The van der Waals surface area contributed by atoms with Gasteiger partial charge in [-0.15, -0.1) is 0 Å². The zero-order chi connectivity index (χ0) is 15.6. The number of carbonyl (C=O) groups is 4. The maximum Gasteiger partial charge on any atom is 0.330 e. The number of amides is 4. The van der Waals surface area contributed by atoms with Gasteiger partial charge in [0.1, 0.15) is 11.6 Å². The van der Waals surface area contributed by atoms with Crippen LogP contribution in [0.3, 0.4) is 0 Å². The summed E-state index contributed by atoms with van der Waals surface area (Å²) < 4.78 is 4.59. The second-order valence-corrected chi connectivity index (χ2v) is 5.41. The predicted molar refractivity (Wildman–Crippen MR) is 71.1 cm³/mol. The fraction of sp³-hybridized carbons (Fsp3) is 0.692. The lowest BCUT2D eigenvalue weighted by Gasteiger charge is -2.22. The first-order valence-electron chi connectivity index (χ1n) is 6.89. The highest BCUT2D eigenvalue weighted by Gasteiger charge is 2.53. The molecule has 2 fully saturated rings. The molecule has 1 saturated heterocycles. The van der Waals surface area contributed by atoms with Gasteiger partial charge in [0.25, 0.3) is 5.91 Å². The molecule has 0 aromatic rings. The summed E-state index contributed by atoms with van der Waals surface area (Å²) in [6.45, 7) is 1.03. The average Bonchev–Trinajstić information content (AvgIpc) is 2.98. The van der Waals surface area contributed by atoms with E-state index in [2.05, 4.69) is 15.4 Å². The number of hydrogen-bond acceptors (Lipinski definition) is 5. The molecule has 0 radical (unpaired) electrons. The van der Waals surface area contributed by atoms with Gasteiger partial charge in [-0.25, -0.2) is 9.59 Å². The molecule has 1 unspecified atom stereocenters. The molecule has 2 rings (SSSR count). The quantitative estimate of drug-likeness (QED) is 0.539. The van der Waals surface area contributed by atoms with Crippen molar-refractivity contribution in [3.8, 4) is 0 Å². The van der Waals surface area contributed by atoms with Crippen LogP contribution in [0.15, 0.2) is 0 Å². The standard InChI is InChI=1S/C13H19N3O5/c1-8(17)14-9(10(18)21-2)7-16-11(19)13(15-12(16)20)5-3-4-6-13/h9H,3-7H2,1-2H3,(H,14,17)(H,15,20). The summed E-state index contributed by atoms with van der Waals surface area (Å²) in [4.78, 5) is 48.2. The molecule has 8 nitrogen and oxygen atoms in total. The third-order valence-corrected chi connectivity index (χ3v) is 3.93. The van der Waals surface area contributed by atoms with Crippen molar-refractivity contribution in [3.63, 3.8) is 0 Å². The van der Waals surface area contributed by atoms with Gasteiger partial charge in [0, 0.05) is 6.92 Å². The number of methoxy groups -OCH3 is 1. The molecule has 1 aliphatic heterocycles. The Labute approximate surface area is 122 Å². The summed E-state index contributed by atoms with van der Waals surface area (Å²) in [7, 11) is 1.18. The molecule has 2 N–H and O–H groups in total. The number of esters is 1. The van der Waals surface area contributed by atoms with Crippen molar-refractivity contribution in [2.24, 2.45) is 0 Å². The smallest absolute Gasteiger partial charge is 0.330 e. The van der Waals surface area contributed by atoms with Gasteiger partial charge in [-0.3, -0.25) is 14.5 Å². The molecule has 1 saturated carbocycles. The van der Waals surface area contributed by atoms with E-state index in [0.29, 0.717) is 12.8 Å². The van der Waals surface area contributed by atoms with Gasteiger partial charge in [-0.1, -0.05) is 12.8 Å². The Kier molecular flexibility index (Phi) is 4.15. The van der Waals surface area contributed by atoms with Gasteiger partial charge in [-0.2, -0.15) is 0 Å². The first-order chi connectivity index (χ1) is 9.89. The minimum Gasteiger partial charge on any atom is -0.467 e. The van der Waals surface area contributed by atoms with E-state index in [-0.39, 0.29) is 12.5 Å². The largest absolute Gasteiger partial charge is 0.467 e. The molecule has 21 heavy (non-hydrogen) atoms. The number of ether oxygens (including phenoxy) is 1. The Morgan fingerprint density at radius 2 is 2.00 bits per heavy atom. The fourth-order valence-electron chi connectivity index (χ4n) is 2.91.